The summed E-state index contributed by atoms with van der Waals surface area (Å²) in [4.78, 5) is 30.2. The second kappa shape index (κ2) is 16.0. The van der Waals surface area contributed by atoms with Gasteiger partial charge in [-0.25, -0.2) is 13.2 Å². The Hall–Kier alpha value is -3.55. The molecular formula is C31H46N4O8S. The zero-order chi connectivity index (χ0) is 32.4. The summed E-state index contributed by atoms with van der Waals surface area (Å²) in [5, 5.41) is 13.0. The van der Waals surface area contributed by atoms with Crippen LogP contribution >= 0.6 is 0 Å². The number of carbonyl (C=O) groups is 2. The van der Waals surface area contributed by atoms with E-state index in [0.717, 1.165) is 19.1 Å². The van der Waals surface area contributed by atoms with Gasteiger partial charge in [-0.05, 0) is 75.6 Å². The van der Waals surface area contributed by atoms with Crippen molar-refractivity contribution in [2.24, 2.45) is 5.92 Å². The molecule has 44 heavy (non-hydrogen) atoms. The quantitative estimate of drug-likeness (QED) is 0.395. The van der Waals surface area contributed by atoms with Gasteiger partial charge in [-0.1, -0.05) is 6.92 Å². The molecule has 3 N–H and O–H groups in total. The van der Waals surface area contributed by atoms with Crippen LogP contribution in [-0.2, 0) is 14.8 Å². The molecule has 3 amide bonds. The number of rotatable bonds is 8. The zero-order valence-electron chi connectivity index (χ0n) is 26.4. The van der Waals surface area contributed by atoms with E-state index < -0.39 is 28.1 Å². The molecular weight excluding hydrogens is 588 g/mol. The van der Waals surface area contributed by atoms with Crippen LogP contribution < -0.4 is 19.5 Å². The minimum absolute atomic E-state index is 0.184. The maximum atomic E-state index is 14.1. The van der Waals surface area contributed by atoms with Crippen molar-refractivity contribution >= 4 is 33.3 Å². The molecule has 0 bridgehead atoms. The number of fused-ring (bicyclic) bond motifs is 1. The molecule has 2 aromatic rings. The third-order valence-electron chi connectivity index (χ3n) is 7.50. The Morgan fingerprint density at radius 3 is 2.48 bits per heavy atom. The molecule has 4 atom stereocenters. The van der Waals surface area contributed by atoms with E-state index in [-0.39, 0.29) is 49.0 Å². The van der Waals surface area contributed by atoms with Crippen LogP contribution in [0.15, 0.2) is 42.5 Å². The number of aliphatic hydroxyl groups is 1. The Bertz CT molecular complexity index is 1350. The Morgan fingerprint density at radius 2 is 1.84 bits per heavy atom. The molecule has 1 heterocycles. The molecule has 0 fully saturated rings. The molecule has 0 radical (unpaired) electrons. The standard InChI is InChI=1S/C31H46N4O8S/c1-21-18-35(22(2)20-36)30(37)27-17-25(33-44(6,39)40)12-15-28(27)43-23(3)9-7-8-16-42-29(21)19-34(4)31(38)32-24-10-13-26(41-5)14-11-24/h10-15,17,21-23,29,33,36H,7-9,16,18-20H2,1-6H3,(H,32,38)/t21-,22+,23+,29-/m1/s1. The first-order valence-electron chi connectivity index (χ1n) is 14.8. The fourth-order valence-corrected chi connectivity index (χ4v) is 5.46. The number of nitrogens with one attached hydrogen (secondary N) is 2. The van der Waals surface area contributed by atoms with Crippen LogP contribution in [0.5, 0.6) is 11.5 Å². The van der Waals surface area contributed by atoms with E-state index in [0.29, 0.717) is 30.2 Å². The first-order valence-corrected chi connectivity index (χ1v) is 16.7. The van der Waals surface area contributed by atoms with Crippen molar-refractivity contribution < 1.29 is 37.3 Å². The molecule has 13 heteroatoms. The minimum atomic E-state index is -3.59. The van der Waals surface area contributed by atoms with Gasteiger partial charge in [0.05, 0.1) is 43.8 Å². The molecule has 0 saturated carbocycles. The molecule has 244 valence electrons. The Kier molecular flexibility index (Phi) is 12.7. The number of anilines is 2. The fraction of sp³-hybridized carbons (Fsp3) is 0.548. The zero-order valence-corrected chi connectivity index (χ0v) is 27.2. The van der Waals surface area contributed by atoms with Crippen LogP contribution in [0.1, 0.15) is 50.4 Å². The van der Waals surface area contributed by atoms with E-state index in [2.05, 4.69) is 10.0 Å². The van der Waals surface area contributed by atoms with Crippen molar-refractivity contribution in [1.29, 1.82) is 0 Å². The lowest BCUT2D eigenvalue weighted by Gasteiger charge is -2.35. The molecule has 1 aliphatic heterocycles. The third-order valence-corrected chi connectivity index (χ3v) is 8.10. The molecule has 1 aliphatic rings. The average molecular weight is 635 g/mol. The van der Waals surface area contributed by atoms with E-state index in [1.807, 2.05) is 13.8 Å². The average Bonchev–Trinajstić information content (AvgIpc) is 2.98. The topological polar surface area (TPSA) is 147 Å². The Labute approximate surface area is 260 Å². The Balaban J connectivity index is 1.88. The van der Waals surface area contributed by atoms with Gasteiger partial charge < -0.3 is 34.4 Å². The molecule has 0 spiro atoms. The number of benzene rings is 2. The molecule has 0 unspecified atom stereocenters. The molecule has 2 aromatic carbocycles. The summed E-state index contributed by atoms with van der Waals surface area (Å²) in [5.74, 6) is 0.358. The molecule has 3 rings (SSSR count). The Morgan fingerprint density at radius 1 is 1.16 bits per heavy atom. The number of aliphatic hydroxyl groups excluding tert-OH is 1. The van der Waals surface area contributed by atoms with Crippen LogP contribution in [0.2, 0.25) is 0 Å². The summed E-state index contributed by atoms with van der Waals surface area (Å²) in [5.41, 5.74) is 1.03. The molecule has 12 nitrogen and oxygen atoms in total. The smallest absolute Gasteiger partial charge is 0.321 e. The third kappa shape index (κ3) is 10.3. The number of nitrogens with zero attached hydrogens (tertiary/aromatic N) is 2. The highest BCUT2D eigenvalue weighted by Gasteiger charge is 2.31. The van der Waals surface area contributed by atoms with Gasteiger partial charge in [0.2, 0.25) is 10.0 Å². The molecule has 0 aliphatic carbocycles. The van der Waals surface area contributed by atoms with Gasteiger partial charge in [-0.15, -0.1) is 0 Å². The van der Waals surface area contributed by atoms with Crippen LogP contribution in [-0.4, -0.2) is 100 Å². The number of methoxy groups -OCH3 is 1. The maximum absolute atomic E-state index is 14.1. The van der Waals surface area contributed by atoms with Crippen molar-refractivity contribution in [2.45, 2.75) is 58.3 Å². The predicted octanol–water partition coefficient (Wildman–Crippen LogP) is 4.03. The summed E-state index contributed by atoms with van der Waals surface area (Å²) >= 11 is 0. The second-order valence-electron chi connectivity index (χ2n) is 11.4. The number of amides is 3. The summed E-state index contributed by atoms with van der Waals surface area (Å²) in [6.07, 6.45) is 2.71. The highest BCUT2D eigenvalue weighted by molar-refractivity contribution is 7.92. The van der Waals surface area contributed by atoms with Gasteiger partial charge in [0.25, 0.3) is 5.91 Å². The lowest BCUT2D eigenvalue weighted by molar-refractivity contribution is -0.0115. The van der Waals surface area contributed by atoms with Crippen molar-refractivity contribution in [3.05, 3.63) is 48.0 Å². The van der Waals surface area contributed by atoms with Gasteiger partial charge in [0.1, 0.15) is 11.5 Å². The number of carbonyl (C=O) groups excluding carboxylic acids is 2. The molecule has 0 aromatic heterocycles. The van der Waals surface area contributed by atoms with Gasteiger partial charge in [0.15, 0.2) is 0 Å². The highest BCUT2D eigenvalue weighted by atomic mass is 32.2. The number of urea groups is 1. The normalized spacial score (nSPS) is 20.8. The summed E-state index contributed by atoms with van der Waals surface area (Å²) in [6, 6.07) is 10.8. The van der Waals surface area contributed by atoms with Crippen molar-refractivity contribution in [3.63, 3.8) is 0 Å². The lowest BCUT2D eigenvalue weighted by atomic mass is 10.0. The van der Waals surface area contributed by atoms with Gasteiger partial charge in [0, 0.05) is 44.0 Å². The number of hydrogen-bond donors (Lipinski definition) is 3. The summed E-state index contributed by atoms with van der Waals surface area (Å²) in [7, 11) is -0.328. The van der Waals surface area contributed by atoms with Crippen molar-refractivity contribution in [3.8, 4) is 11.5 Å². The van der Waals surface area contributed by atoms with Crippen LogP contribution in [0.4, 0.5) is 16.2 Å². The van der Waals surface area contributed by atoms with Gasteiger partial charge in [-0.2, -0.15) is 0 Å². The number of hydrogen-bond acceptors (Lipinski definition) is 8. The first-order chi connectivity index (χ1) is 20.8. The molecule has 0 saturated heterocycles. The SMILES string of the molecule is COc1ccc(NC(=O)N(C)C[C@H]2OCCCC[C@H](C)Oc3ccc(NS(C)(=O)=O)cc3C(=O)N([C@@H](C)CO)C[C@H]2C)cc1. The van der Waals surface area contributed by atoms with Crippen molar-refractivity contribution in [2.75, 3.05) is 56.8 Å². The lowest BCUT2D eigenvalue weighted by Crippen LogP contribution is -2.48. The number of likely N-dealkylation sites (N-methyl/N-ethyl adjacent to an activating group) is 1. The summed E-state index contributed by atoms with van der Waals surface area (Å²) in [6.45, 7) is 6.24. The van der Waals surface area contributed by atoms with E-state index in [1.54, 1.807) is 67.3 Å². The first kappa shape index (κ1) is 34.9. The van der Waals surface area contributed by atoms with E-state index in [1.165, 1.54) is 6.07 Å². The van der Waals surface area contributed by atoms with Crippen LogP contribution in [0, 0.1) is 5.92 Å². The van der Waals surface area contributed by atoms with Crippen LogP contribution in [0.25, 0.3) is 0 Å². The van der Waals surface area contributed by atoms with E-state index in [9.17, 15) is 23.1 Å². The number of sulfonamides is 1. The summed E-state index contributed by atoms with van der Waals surface area (Å²) < 4.78 is 43.9. The van der Waals surface area contributed by atoms with Crippen LogP contribution in [0.3, 0.4) is 0 Å². The highest BCUT2D eigenvalue weighted by Crippen LogP contribution is 2.29. The second-order valence-corrected chi connectivity index (χ2v) is 13.2. The minimum Gasteiger partial charge on any atom is -0.497 e. The maximum Gasteiger partial charge on any atom is 0.321 e. The largest absolute Gasteiger partial charge is 0.497 e. The monoisotopic (exact) mass is 634 g/mol. The fourth-order valence-electron chi connectivity index (χ4n) is 4.91. The van der Waals surface area contributed by atoms with Gasteiger partial charge in [-0.3, -0.25) is 9.52 Å². The van der Waals surface area contributed by atoms with E-state index in [4.69, 9.17) is 14.2 Å². The van der Waals surface area contributed by atoms with E-state index >= 15 is 0 Å². The predicted molar refractivity (Wildman–Crippen MR) is 170 cm³/mol. The van der Waals surface area contributed by atoms with Crippen molar-refractivity contribution in [1.82, 2.24) is 9.80 Å². The van der Waals surface area contributed by atoms with Gasteiger partial charge >= 0.3 is 6.03 Å². The number of ether oxygens (including phenoxy) is 3.